The zero-order valence-electron chi connectivity index (χ0n) is 22.8. The maximum Gasteiger partial charge on any atom is 0.331 e. The Morgan fingerprint density at radius 3 is 2.54 bits per heavy atom. The van der Waals surface area contributed by atoms with Crippen LogP contribution in [0.3, 0.4) is 0 Å². The van der Waals surface area contributed by atoms with Gasteiger partial charge in [0, 0.05) is 24.0 Å². The number of epoxide rings is 2. The zero-order chi connectivity index (χ0) is 27.8. The number of aliphatic hydroxyl groups is 2. The summed E-state index contributed by atoms with van der Waals surface area (Å²) in [5.41, 5.74) is -1.91. The van der Waals surface area contributed by atoms with Crippen molar-refractivity contribution >= 4 is 11.9 Å². The van der Waals surface area contributed by atoms with Crippen molar-refractivity contribution in [3.8, 4) is 0 Å². The molecular formula is C29H38O10. The molecule has 0 aromatic rings. The quantitative estimate of drug-likeness (QED) is 0.368. The molecule has 0 aromatic carbocycles. The van der Waals surface area contributed by atoms with Crippen molar-refractivity contribution in [1.29, 1.82) is 0 Å². The number of ether oxygens (including phenoxy) is 6. The molecule has 10 heteroatoms. The van der Waals surface area contributed by atoms with E-state index in [2.05, 4.69) is 13.8 Å². The van der Waals surface area contributed by atoms with Crippen LogP contribution in [0.15, 0.2) is 36.0 Å². The third-order valence-corrected chi connectivity index (χ3v) is 10.3. The fourth-order valence-corrected chi connectivity index (χ4v) is 7.55. The highest BCUT2D eigenvalue weighted by Crippen LogP contribution is 2.75. The van der Waals surface area contributed by atoms with E-state index in [1.165, 1.54) is 12.2 Å². The first-order valence-corrected chi connectivity index (χ1v) is 13.8. The lowest BCUT2D eigenvalue weighted by Crippen LogP contribution is -2.69. The summed E-state index contributed by atoms with van der Waals surface area (Å²) in [6, 6.07) is 0. The van der Waals surface area contributed by atoms with Crippen molar-refractivity contribution in [3.05, 3.63) is 36.0 Å². The van der Waals surface area contributed by atoms with Gasteiger partial charge < -0.3 is 38.6 Å². The van der Waals surface area contributed by atoms with Gasteiger partial charge in [-0.05, 0) is 39.2 Å². The van der Waals surface area contributed by atoms with Gasteiger partial charge in [-0.2, -0.15) is 0 Å². The molecular weight excluding hydrogens is 508 g/mol. The van der Waals surface area contributed by atoms with Gasteiger partial charge in [-0.25, -0.2) is 9.59 Å². The number of carbonyl (C=O) groups is 2. The van der Waals surface area contributed by atoms with E-state index in [0.29, 0.717) is 25.0 Å². The Hall–Kier alpha value is -2.08. The van der Waals surface area contributed by atoms with Crippen molar-refractivity contribution in [2.75, 3.05) is 19.8 Å². The van der Waals surface area contributed by atoms with Crippen molar-refractivity contribution < 1.29 is 48.2 Å². The van der Waals surface area contributed by atoms with Gasteiger partial charge in [0.05, 0.1) is 48.6 Å². The minimum absolute atomic E-state index is 0.0356. The van der Waals surface area contributed by atoms with E-state index in [-0.39, 0.29) is 37.1 Å². The summed E-state index contributed by atoms with van der Waals surface area (Å²) in [5, 5.41) is 20.6. The fourth-order valence-electron chi connectivity index (χ4n) is 7.55. The average Bonchev–Trinajstić information content (AvgIpc) is 3.79. The topological polar surface area (TPSA) is 137 Å². The van der Waals surface area contributed by atoms with Crippen LogP contribution in [0.1, 0.15) is 47.0 Å². The average molecular weight is 547 g/mol. The van der Waals surface area contributed by atoms with Gasteiger partial charge in [-0.15, -0.1) is 0 Å². The van der Waals surface area contributed by atoms with Gasteiger partial charge in [0.2, 0.25) is 0 Å². The number of carbonyl (C=O) groups excluding carboxylic acids is 2. The Labute approximate surface area is 227 Å². The minimum atomic E-state index is -1.07. The molecule has 2 saturated carbocycles. The summed E-state index contributed by atoms with van der Waals surface area (Å²) < 4.78 is 36.7. The number of aliphatic hydroxyl groups excluding tert-OH is 2. The lowest BCUT2D eigenvalue weighted by Gasteiger charge is -2.58. The highest BCUT2D eigenvalue weighted by atomic mass is 16.7. The molecule has 11 unspecified atom stereocenters. The van der Waals surface area contributed by atoms with Gasteiger partial charge in [-0.3, -0.25) is 0 Å². The lowest BCUT2D eigenvalue weighted by molar-refractivity contribution is -0.250. The second-order valence-electron chi connectivity index (χ2n) is 12.4. The predicted octanol–water partition coefficient (Wildman–Crippen LogP) is 1.52. The largest absolute Gasteiger partial charge is 0.462 e. The molecule has 0 aromatic heterocycles. The molecule has 11 atom stereocenters. The minimum Gasteiger partial charge on any atom is -0.462 e. The van der Waals surface area contributed by atoms with Crippen molar-refractivity contribution in [1.82, 2.24) is 0 Å². The SMILES string of the molecule is CC1=CC(=O)OCC23CCC4(C)OC4C2OC2CC(OC(=O)C=CC=CC(C(C)O)OCC1O)C3(C)C21CO1. The fraction of sp³-hybridized carbons (Fsp3) is 0.724. The van der Waals surface area contributed by atoms with Crippen LogP contribution in [-0.4, -0.2) is 95.9 Å². The highest BCUT2D eigenvalue weighted by Gasteiger charge is 2.86. The zero-order valence-corrected chi connectivity index (χ0v) is 22.8. The number of allylic oxidation sites excluding steroid dienone is 2. The van der Waals surface area contributed by atoms with E-state index in [1.54, 1.807) is 32.1 Å². The Balaban J connectivity index is 1.37. The standard InChI is InChI=1S/C29H38O10/c1-16-11-23(33)35-14-28-10-9-26(3)24(39-26)25(28)38-21-12-20(27(28,4)29(21)15-36-29)37-22(32)8-6-5-7-19(17(2)30)34-13-18(16)31/h5-8,11,17-21,24-25,30-31H,9-10,12-15H2,1-4H3. The summed E-state index contributed by atoms with van der Waals surface area (Å²) >= 11 is 0. The second kappa shape index (κ2) is 9.22. The second-order valence-corrected chi connectivity index (χ2v) is 12.4. The van der Waals surface area contributed by atoms with E-state index in [9.17, 15) is 19.8 Å². The number of hydrogen-bond acceptors (Lipinski definition) is 10. The van der Waals surface area contributed by atoms with Gasteiger partial charge in [0.1, 0.15) is 30.5 Å². The van der Waals surface area contributed by atoms with Crippen LogP contribution in [0, 0.1) is 10.8 Å². The molecule has 4 aliphatic heterocycles. The number of rotatable bonds is 1. The monoisotopic (exact) mass is 546 g/mol. The normalized spacial score (nSPS) is 50.1. The molecule has 0 amide bonds. The lowest BCUT2D eigenvalue weighted by atomic mass is 9.50. The molecule has 2 spiro atoms. The van der Waals surface area contributed by atoms with Gasteiger partial charge in [0.15, 0.2) is 0 Å². The van der Waals surface area contributed by atoms with Crippen LogP contribution in [0.25, 0.3) is 0 Å². The molecule has 10 nitrogen and oxygen atoms in total. The van der Waals surface area contributed by atoms with Crippen LogP contribution >= 0.6 is 0 Å². The molecule has 39 heavy (non-hydrogen) atoms. The molecule has 6 rings (SSSR count). The Morgan fingerprint density at radius 1 is 1.05 bits per heavy atom. The molecule has 5 fully saturated rings. The van der Waals surface area contributed by atoms with Crippen molar-refractivity contribution in [2.45, 2.75) is 101 Å². The highest BCUT2D eigenvalue weighted by molar-refractivity contribution is 5.83. The Morgan fingerprint density at radius 2 is 1.82 bits per heavy atom. The molecule has 2 aliphatic carbocycles. The summed E-state index contributed by atoms with van der Waals surface area (Å²) in [6.45, 7) is 7.74. The van der Waals surface area contributed by atoms with E-state index in [0.717, 1.165) is 6.42 Å². The summed E-state index contributed by atoms with van der Waals surface area (Å²) in [5.74, 6) is -1.10. The molecule has 2 bridgehead atoms. The molecule has 6 aliphatic rings. The summed E-state index contributed by atoms with van der Waals surface area (Å²) in [6.07, 6.45) is 5.28. The number of esters is 2. The molecule has 2 N–H and O–H groups in total. The van der Waals surface area contributed by atoms with Gasteiger partial charge >= 0.3 is 11.9 Å². The van der Waals surface area contributed by atoms with Crippen molar-refractivity contribution in [2.24, 2.45) is 10.8 Å². The number of fused-ring (bicyclic) bond motifs is 2. The smallest absolute Gasteiger partial charge is 0.331 e. The van der Waals surface area contributed by atoms with E-state index in [1.807, 2.05) is 0 Å². The molecule has 214 valence electrons. The molecule has 3 saturated heterocycles. The van der Waals surface area contributed by atoms with E-state index in [4.69, 9.17) is 28.4 Å². The van der Waals surface area contributed by atoms with Crippen LogP contribution < -0.4 is 0 Å². The Kier molecular flexibility index (Phi) is 6.41. The Bertz CT molecular complexity index is 1120. The summed E-state index contributed by atoms with van der Waals surface area (Å²) in [7, 11) is 0. The van der Waals surface area contributed by atoms with Crippen LogP contribution in [-0.2, 0) is 38.0 Å². The first-order valence-electron chi connectivity index (χ1n) is 13.8. The first-order chi connectivity index (χ1) is 18.5. The van der Waals surface area contributed by atoms with Gasteiger partial charge in [-0.1, -0.05) is 25.2 Å². The van der Waals surface area contributed by atoms with E-state index < -0.39 is 52.8 Å². The summed E-state index contributed by atoms with van der Waals surface area (Å²) in [4.78, 5) is 26.0. The van der Waals surface area contributed by atoms with Gasteiger partial charge in [0.25, 0.3) is 0 Å². The number of cyclic esters (lactones) is 1. The maximum absolute atomic E-state index is 13.0. The van der Waals surface area contributed by atoms with Crippen molar-refractivity contribution in [3.63, 3.8) is 0 Å². The predicted molar refractivity (Wildman–Crippen MR) is 135 cm³/mol. The van der Waals surface area contributed by atoms with Crippen LogP contribution in [0.5, 0.6) is 0 Å². The van der Waals surface area contributed by atoms with Crippen LogP contribution in [0.4, 0.5) is 0 Å². The maximum atomic E-state index is 13.0. The third-order valence-electron chi connectivity index (χ3n) is 10.3. The van der Waals surface area contributed by atoms with E-state index >= 15 is 0 Å². The molecule has 0 radical (unpaired) electrons. The first kappa shape index (κ1) is 27.1. The van der Waals surface area contributed by atoms with Crippen LogP contribution in [0.2, 0.25) is 0 Å². The number of hydrogen-bond donors (Lipinski definition) is 2. The molecule has 4 heterocycles. The third kappa shape index (κ3) is 4.06.